The standard InChI is InChI=1S/C16H12O5/c1-20-14-6-9(17)7-15-16(14)12(19)8-13(21-15)10-4-2-3-5-11(10)18/h2-8,17-18H,1H3. The lowest BCUT2D eigenvalue weighted by Gasteiger charge is -2.08. The Labute approximate surface area is 119 Å². The zero-order chi connectivity index (χ0) is 15.0. The summed E-state index contributed by atoms with van der Waals surface area (Å²) in [6, 6.07) is 10.5. The summed E-state index contributed by atoms with van der Waals surface area (Å²) in [7, 11) is 1.41. The number of phenolic OH excluding ortho intramolecular Hbond substituents is 2. The molecule has 0 radical (unpaired) electrons. The van der Waals surface area contributed by atoms with E-state index in [1.807, 2.05) is 0 Å². The molecule has 0 spiro atoms. The van der Waals surface area contributed by atoms with Gasteiger partial charge in [-0.2, -0.15) is 0 Å². The van der Waals surface area contributed by atoms with Crippen molar-refractivity contribution in [2.75, 3.05) is 7.11 Å². The van der Waals surface area contributed by atoms with Gasteiger partial charge in [-0.1, -0.05) is 12.1 Å². The van der Waals surface area contributed by atoms with Crippen LogP contribution in [-0.2, 0) is 0 Å². The first-order valence-corrected chi connectivity index (χ1v) is 6.23. The van der Waals surface area contributed by atoms with Crippen molar-refractivity contribution in [2.24, 2.45) is 0 Å². The van der Waals surface area contributed by atoms with Crippen molar-refractivity contribution in [3.05, 3.63) is 52.7 Å². The molecule has 0 aliphatic heterocycles. The van der Waals surface area contributed by atoms with Crippen LogP contribution in [0.2, 0.25) is 0 Å². The van der Waals surface area contributed by atoms with Crippen LogP contribution >= 0.6 is 0 Å². The van der Waals surface area contributed by atoms with Crippen LogP contribution in [0.5, 0.6) is 17.2 Å². The largest absolute Gasteiger partial charge is 0.508 e. The molecular formula is C16H12O5. The topological polar surface area (TPSA) is 79.9 Å². The van der Waals surface area contributed by atoms with Crippen molar-refractivity contribution in [2.45, 2.75) is 0 Å². The fourth-order valence-corrected chi connectivity index (χ4v) is 2.21. The first-order chi connectivity index (χ1) is 10.1. The summed E-state index contributed by atoms with van der Waals surface area (Å²) in [6.07, 6.45) is 0. The monoisotopic (exact) mass is 284 g/mol. The minimum absolute atomic E-state index is 0.00659. The highest BCUT2D eigenvalue weighted by Gasteiger charge is 2.14. The Morgan fingerprint density at radius 2 is 1.86 bits per heavy atom. The second-order valence-electron chi connectivity index (χ2n) is 4.51. The van der Waals surface area contributed by atoms with Crippen LogP contribution < -0.4 is 10.2 Å². The molecule has 0 fully saturated rings. The van der Waals surface area contributed by atoms with Gasteiger partial charge in [-0.25, -0.2) is 0 Å². The Morgan fingerprint density at radius 1 is 1.10 bits per heavy atom. The van der Waals surface area contributed by atoms with E-state index in [0.29, 0.717) is 5.56 Å². The number of hydrogen-bond donors (Lipinski definition) is 2. The van der Waals surface area contributed by atoms with Gasteiger partial charge in [-0.15, -0.1) is 0 Å². The maximum atomic E-state index is 12.3. The molecule has 0 atom stereocenters. The third-order valence-corrected chi connectivity index (χ3v) is 3.17. The summed E-state index contributed by atoms with van der Waals surface area (Å²) < 4.78 is 10.7. The molecule has 1 heterocycles. The van der Waals surface area contributed by atoms with Crippen LogP contribution in [0.25, 0.3) is 22.3 Å². The average molecular weight is 284 g/mol. The molecule has 106 valence electrons. The van der Waals surface area contributed by atoms with Gasteiger partial charge in [0.1, 0.15) is 34.0 Å². The smallest absolute Gasteiger partial charge is 0.197 e. The molecule has 3 aromatic rings. The first kappa shape index (κ1) is 13.1. The highest BCUT2D eigenvalue weighted by Crippen LogP contribution is 2.33. The number of benzene rings is 2. The lowest BCUT2D eigenvalue weighted by Crippen LogP contribution is -2.02. The maximum Gasteiger partial charge on any atom is 0.197 e. The highest BCUT2D eigenvalue weighted by molar-refractivity contribution is 5.86. The van der Waals surface area contributed by atoms with E-state index in [4.69, 9.17) is 9.15 Å². The van der Waals surface area contributed by atoms with Crippen molar-refractivity contribution in [1.82, 2.24) is 0 Å². The van der Waals surface area contributed by atoms with E-state index in [1.165, 1.54) is 31.4 Å². The summed E-state index contributed by atoms with van der Waals surface area (Å²) in [5.41, 5.74) is 0.280. The molecule has 0 bridgehead atoms. The number of rotatable bonds is 2. The molecule has 2 aromatic carbocycles. The van der Waals surface area contributed by atoms with E-state index in [1.54, 1.807) is 18.2 Å². The molecule has 21 heavy (non-hydrogen) atoms. The van der Waals surface area contributed by atoms with Crippen LogP contribution in [0, 0.1) is 0 Å². The quantitative estimate of drug-likeness (QED) is 0.756. The van der Waals surface area contributed by atoms with Gasteiger partial charge in [-0.05, 0) is 12.1 Å². The molecule has 0 aliphatic rings. The Hall–Kier alpha value is -2.95. The number of hydrogen-bond acceptors (Lipinski definition) is 5. The number of ether oxygens (including phenoxy) is 1. The van der Waals surface area contributed by atoms with Crippen molar-refractivity contribution in [3.63, 3.8) is 0 Å². The predicted octanol–water partition coefficient (Wildman–Crippen LogP) is 2.88. The fraction of sp³-hybridized carbons (Fsp3) is 0.0625. The van der Waals surface area contributed by atoms with E-state index in [-0.39, 0.29) is 39.4 Å². The third-order valence-electron chi connectivity index (χ3n) is 3.17. The maximum absolute atomic E-state index is 12.3. The zero-order valence-electron chi connectivity index (χ0n) is 11.2. The average Bonchev–Trinajstić information content (AvgIpc) is 2.46. The normalized spacial score (nSPS) is 10.7. The minimum Gasteiger partial charge on any atom is -0.508 e. The number of aromatic hydroxyl groups is 2. The number of para-hydroxylation sites is 1. The first-order valence-electron chi connectivity index (χ1n) is 6.23. The summed E-state index contributed by atoms with van der Waals surface area (Å²) in [4.78, 5) is 12.3. The number of methoxy groups -OCH3 is 1. The van der Waals surface area contributed by atoms with Gasteiger partial charge in [0, 0.05) is 18.2 Å². The zero-order valence-corrected chi connectivity index (χ0v) is 11.2. The summed E-state index contributed by atoms with van der Waals surface area (Å²) >= 11 is 0. The van der Waals surface area contributed by atoms with Crippen LogP contribution in [0.15, 0.2) is 51.7 Å². The van der Waals surface area contributed by atoms with Crippen molar-refractivity contribution < 1.29 is 19.4 Å². The summed E-state index contributed by atoms with van der Waals surface area (Å²) in [5.74, 6) is 0.393. The minimum atomic E-state index is -0.314. The molecule has 0 saturated carbocycles. The van der Waals surface area contributed by atoms with Crippen molar-refractivity contribution in [1.29, 1.82) is 0 Å². The Bertz CT molecular complexity index is 879. The Balaban J connectivity index is 2.34. The lowest BCUT2D eigenvalue weighted by atomic mass is 10.1. The molecule has 0 amide bonds. The summed E-state index contributed by atoms with van der Waals surface area (Å²) in [5, 5.41) is 19.7. The van der Waals surface area contributed by atoms with E-state index in [9.17, 15) is 15.0 Å². The Kier molecular flexibility index (Phi) is 3.02. The number of phenols is 2. The van der Waals surface area contributed by atoms with Gasteiger partial charge in [-0.3, -0.25) is 4.79 Å². The third kappa shape index (κ3) is 2.18. The van der Waals surface area contributed by atoms with Gasteiger partial charge >= 0.3 is 0 Å². The van der Waals surface area contributed by atoms with Gasteiger partial charge < -0.3 is 19.4 Å². The second kappa shape index (κ2) is 4.86. The van der Waals surface area contributed by atoms with Crippen LogP contribution in [0.1, 0.15) is 0 Å². The second-order valence-corrected chi connectivity index (χ2v) is 4.51. The van der Waals surface area contributed by atoms with Gasteiger partial charge in [0.2, 0.25) is 0 Å². The molecule has 3 rings (SSSR count). The van der Waals surface area contributed by atoms with Crippen LogP contribution in [0.3, 0.4) is 0 Å². The predicted molar refractivity (Wildman–Crippen MR) is 77.8 cm³/mol. The van der Waals surface area contributed by atoms with E-state index < -0.39 is 0 Å². The molecule has 2 N–H and O–H groups in total. The fourth-order valence-electron chi connectivity index (χ4n) is 2.21. The van der Waals surface area contributed by atoms with Crippen LogP contribution in [-0.4, -0.2) is 17.3 Å². The van der Waals surface area contributed by atoms with Crippen molar-refractivity contribution >= 4 is 11.0 Å². The molecule has 0 unspecified atom stereocenters. The lowest BCUT2D eigenvalue weighted by molar-refractivity contribution is 0.411. The van der Waals surface area contributed by atoms with E-state index in [2.05, 4.69) is 0 Å². The van der Waals surface area contributed by atoms with E-state index >= 15 is 0 Å². The number of fused-ring (bicyclic) bond motifs is 1. The molecule has 0 aliphatic carbocycles. The van der Waals surface area contributed by atoms with Gasteiger partial charge in [0.05, 0.1) is 12.7 Å². The molecule has 5 heteroatoms. The van der Waals surface area contributed by atoms with Crippen molar-refractivity contribution in [3.8, 4) is 28.6 Å². The molecule has 5 nitrogen and oxygen atoms in total. The summed E-state index contributed by atoms with van der Waals surface area (Å²) in [6.45, 7) is 0. The SMILES string of the molecule is COc1cc(O)cc2oc(-c3ccccc3O)cc(=O)c12. The van der Waals surface area contributed by atoms with Gasteiger partial charge in [0.15, 0.2) is 5.43 Å². The molecular weight excluding hydrogens is 272 g/mol. The van der Waals surface area contributed by atoms with Crippen LogP contribution in [0.4, 0.5) is 0 Å². The molecule has 0 saturated heterocycles. The molecule has 1 aromatic heterocycles. The Morgan fingerprint density at radius 3 is 2.57 bits per heavy atom. The van der Waals surface area contributed by atoms with E-state index in [0.717, 1.165) is 0 Å². The van der Waals surface area contributed by atoms with Gasteiger partial charge in [0.25, 0.3) is 0 Å². The highest BCUT2D eigenvalue weighted by atomic mass is 16.5.